The first-order valence-corrected chi connectivity index (χ1v) is 27.2. The normalized spacial score (nSPS) is 29.6. The zero-order chi connectivity index (χ0) is 56.3. The van der Waals surface area contributed by atoms with Crippen LogP contribution in [0.2, 0.25) is 0 Å². The first kappa shape index (κ1) is 55.9. The molecule has 10 rings (SSSR count). The number of aliphatic hydroxyl groups excluding tert-OH is 3. The second-order valence-corrected chi connectivity index (χ2v) is 22.8. The standard InChI is InChI=1S/C58H73N7O13/c1-29(2)28-63-24-20-58(21-25-63)61-45-42-43-50(71)35(8)53-44(42)54(73)57(9,78-53)76-26-19-39(66)32(5)52(77-41(68)27-40(67)64-22-17-36(18-23-64)65-38-16-11-10-15-37(38)59-56(65)75)34(7)49(70)33(6)48(69)30(3)13-12-14-31(4)55(74)60-47(51(43)72)46(45)62-58/h10-16,19,26,29-30,32-34,36,39,48-49,52,61,66,69-72H,17-18,20-25,27-28H2,1-9H3,(H,59,75)/b13-12+,26-19+,31-14-,60-47?/t30-,32+,33+,34+,39+,48-,49+,52+,57-/m0/s1. The number of fused-ring (bicyclic) bond motifs is 14. The van der Waals surface area contributed by atoms with Crippen molar-refractivity contribution in [2.24, 2.45) is 39.6 Å². The number of hydrogen-bond donors (Lipinski definition) is 7. The number of benzene rings is 3. The molecule has 0 radical (unpaired) electrons. The zero-order valence-electron chi connectivity index (χ0n) is 45.8. The molecule has 5 bridgehead atoms. The van der Waals surface area contributed by atoms with Crippen molar-refractivity contribution in [3.05, 3.63) is 92.7 Å². The largest absolute Gasteiger partial charge is 0.507 e. The smallest absolute Gasteiger partial charge is 0.326 e. The van der Waals surface area contributed by atoms with Gasteiger partial charge in [-0.15, -0.1) is 0 Å². The van der Waals surface area contributed by atoms with Crippen LogP contribution in [0.15, 0.2) is 75.2 Å². The fourth-order valence-electron chi connectivity index (χ4n) is 12.0. The van der Waals surface area contributed by atoms with E-state index in [4.69, 9.17) is 19.2 Å². The predicted octanol–water partition coefficient (Wildman–Crippen LogP) is 4.97. The zero-order valence-corrected chi connectivity index (χ0v) is 45.8. The van der Waals surface area contributed by atoms with Crippen LogP contribution in [0, 0.1) is 36.5 Å². The monoisotopic (exact) mass is 1080 g/mol. The van der Waals surface area contributed by atoms with E-state index in [9.17, 15) is 49.5 Å². The van der Waals surface area contributed by atoms with Gasteiger partial charge in [0.1, 0.15) is 40.4 Å². The van der Waals surface area contributed by atoms with E-state index in [2.05, 4.69) is 34.0 Å². The lowest BCUT2D eigenvalue weighted by atomic mass is 9.78. The number of likely N-dealkylation sites (tertiary alicyclic amines) is 2. The van der Waals surface area contributed by atoms with Gasteiger partial charge in [0.2, 0.25) is 5.91 Å². The Kier molecular flexibility index (Phi) is 15.6. The summed E-state index contributed by atoms with van der Waals surface area (Å²) in [6, 6.07) is 7.22. The van der Waals surface area contributed by atoms with Gasteiger partial charge in [-0.3, -0.25) is 28.7 Å². The maximum absolute atomic E-state index is 14.9. The average molecular weight is 1080 g/mol. The number of nitrogens with one attached hydrogen (secondary N) is 2. The summed E-state index contributed by atoms with van der Waals surface area (Å²) in [5.74, 6) is -8.88. The number of amides is 2. The van der Waals surface area contributed by atoms with Crippen molar-refractivity contribution < 1.29 is 58.9 Å². The van der Waals surface area contributed by atoms with Gasteiger partial charge in [-0.05, 0) is 50.8 Å². The number of H-pyrrole nitrogens is 1. The number of anilines is 1. The summed E-state index contributed by atoms with van der Waals surface area (Å²) in [6.45, 7) is 18.1. The molecule has 1 aromatic heterocycles. The summed E-state index contributed by atoms with van der Waals surface area (Å²) in [5.41, 5.74) is 0.834. The Morgan fingerprint density at radius 2 is 1.58 bits per heavy atom. The number of ether oxygens (including phenoxy) is 3. The molecule has 6 aliphatic heterocycles. The molecule has 78 heavy (non-hydrogen) atoms. The van der Waals surface area contributed by atoms with E-state index in [0.29, 0.717) is 50.2 Å². The number of aliphatic hydroxyl groups is 3. The number of piperidine rings is 2. The number of nitrogens with zero attached hydrogens (tertiary/aromatic N) is 5. The molecule has 2 amide bonds. The van der Waals surface area contributed by atoms with Crippen LogP contribution in [0.1, 0.15) is 109 Å². The molecule has 9 atom stereocenters. The minimum Gasteiger partial charge on any atom is -0.507 e. The summed E-state index contributed by atoms with van der Waals surface area (Å²) in [5, 5.41) is 63.0. The van der Waals surface area contributed by atoms with Gasteiger partial charge in [-0.25, -0.2) is 9.79 Å². The van der Waals surface area contributed by atoms with Crippen molar-refractivity contribution in [1.82, 2.24) is 19.4 Å². The lowest BCUT2D eigenvalue weighted by Gasteiger charge is -2.38. The Balaban J connectivity index is 1.03. The number of aromatic amines is 1. The number of para-hydroxylation sites is 2. The highest BCUT2D eigenvalue weighted by Gasteiger charge is 2.51. The molecule has 20 nitrogen and oxygen atoms in total. The number of imidazole rings is 1. The van der Waals surface area contributed by atoms with Crippen molar-refractivity contribution >= 4 is 51.1 Å². The molecule has 2 fully saturated rings. The fraction of sp³-hybridized carbons (Fsp3) is 0.534. The number of phenolic OH excluding ortho intramolecular Hbond substituents is 2. The molecule has 20 heteroatoms. The van der Waals surface area contributed by atoms with E-state index in [0.717, 1.165) is 18.3 Å². The van der Waals surface area contributed by atoms with E-state index in [1.807, 2.05) is 24.3 Å². The van der Waals surface area contributed by atoms with Crippen molar-refractivity contribution in [3.8, 4) is 17.2 Å². The van der Waals surface area contributed by atoms with E-state index in [1.54, 1.807) is 49.3 Å². The van der Waals surface area contributed by atoms with Crippen LogP contribution < -0.4 is 26.5 Å². The van der Waals surface area contributed by atoms with Gasteiger partial charge in [-0.1, -0.05) is 71.9 Å². The molecule has 3 aromatic carbocycles. The Labute approximate surface area is 451 Å². The molecule has 4 aromatic rings. The van der Waals surface area contributed by atoms with Gasteiger partial charge in [0.05, 0.1) is 52.2 Å². The van der Waals surface area contributed by atoms with Crippen LogP contribution in [0.3, 0.4) is 0 Å². The first-order chi connectivity index (χ1) is 36.9. The highest BCUT2D eigenvalue weighted by molar-refractivity contribution is 6.21. The SMILES string of the molecule is C/C1=C/C=C/[C@H](C)[C@H](O)[C@@H](C)[C@@H](O)[C@@H](C)[C@H](OC(=O)CC(=O)N2CCC(n3c(=O)[nH]c4ccccc43)CC2)[C@H](C)[C@H](O)/C=C/O[C@@]2(C)Oc3c(C)c(O)c4c(O)c(c5c(c4c3C2=O)NC2(CCN(CC(C)C)CC2)N=5)=NC1=O. The van der Waals surface area contributed by atoms with Crippen LogP contribution >= 0.6 is 0 Å². The lowest BCUT2D eigenvalue weighted by Crippen LogP contribution is -2.47. The van der Waals surface area contributed by atoms with Gasteiger partial charge in [0.25, 0.3) is 11.7 Å². The molecule has 0 saturated carbocycles. The van der Waals surface area contributed by atoms with Crippen molar-refractivity contribution in [2.75, 3.05) is 38.0 Å². The molecule has 2 saturated heterocycles. The van der Waals surface area contributed by atoms with Gasteiger partial charge in [0, 0.05) is 98.7 Å². The number of allylic oxidation sites excluding steroid dienone is 2. The first-order valence-electron chi connectivity index (χ1n) is 27.2. The summed E-state index contributed by atoms with van der Waals surface area (Å²) >= 11 is 0. The van der Waals surface area contributed by atoms with Gasteiger partial charge >= 0.3 is 17.4 Å². The Morgan fingerprint density at radius 3 is 2.27 bits per heavy atom. The second-order valence-electron chi connectivity index (χ2n) is 22.8. The maximum atomic E-state index is 14.9. The van der Waals surface area contributed by atoms with Crippen molar-refractivity contribution in [3.63, 3.8) is 0 Å². The number of rotatable bonds is 6. The van der Waals surface area contributed by atoms with Crippen molar-refractivity contribution in [1.29, 1.82) is 0 Å². The van der Waals surface area contributed by atoms with Crippen LogP contribution in [-0.2, 0) is 23.9 Å². The molecule has 7 N–H and O–H groups in total. The highest BCUT2D eigenvalue weighted by Crippen LogP contribution is 2.51. The summed E-state index contributed by atoms with van der Waals surface area (Å²) in [4.78, 5) is 85.7. The second kappa shape index (κ2) is 21.8. The molecule has 1 spiro atoms. The number of carbonyl (C=O) groups excluding carboxylic acids is 4. The maximum Gasteiger partial charge on any atom is 0.326 e. The minimum atomic E-state index is -2.09. The van der Waals surface area contributed by atoms with E-state index in [-0.39, 0.29) is 74.4 Å². The lowest BCUT2D eigenvalue weighted by molar-refractivity contribution is -0.165. The van der Waals surface area contributed by atoms with E-state index < -0.39 is 101 Å². The Bertz CT molecular complexity index is 3330. The molecular weight excluding hydrogens is 1000 g/mol. The topological polar surface area (TPSA) is 278 Å². The fourth-order valence-corrected chi connectivity index (χ4v) is 12.0. The third-order valence-corrected chi connectivity index (χ3v) is 16.7. The molecule has 418 valence electrons. The molecule has 6 aliphatic rings. The molecule has 0 unspecified atom stereocenters. The quantitative estimate of drug-likeness (QED) is 0.0763. The molecule has 7 heterocycles. The Morgan fingerprint density at radius 1 is 0.885 bits per heavy atom. The number of aromatic hydroxyl groups is 2. The summed E-state index contributed by atoms with van der Waals surface area (Å²) in [6.07, 6.45) is 3.21. The van der Waals surface area contributed by atoms with Crippen LogP contribution in [0.4, 0.5) is 5.69 Å². The predicted molar refractivity (Wildman–Crippen MR) is 289 cm³/mol. The van der Waals surface area contributed by atoms with Crippen molar-refractivity contribution in [2.45, 2.75) is 136 Å². The number of carbonyl (C=O) groups is 4. The minimum absolute atomic E-state index is 0.0215. The van der Waals surface area contributed by atoms with Crippen LogP contribution in [0.25, 0.3) is 21.8 Å². The number of aromatic nitrogens is 2. The van der Waals surface area contributed by atoms with Gasteiger partial charge in [0.15, 0.2) is 5.75 Å². The number of ketones is 1. The number of Topliss-reactive ketones (excluding diaryl/α,β-unsaturated/α-hetero) is 1. The number of esters is 1. The number of hydrogen-bond acceptors (Lipinski definition) is 16. The average Bonchev–Trinajstić information content (AvgIpc) is 4.05. The molecule has 0 aliphatic carbocycles. The highest BCUT2D eigenvalue weighted by atomic mass is 16.7. The third-order valence-electron chi connectivity index (χ3n) is 16.7. The van der Waals surface area contributed by atoms with Gasteiger partial charge in [-0.2, -0.15) is 0 Å². The molecular formula is C58H73N7O13. The third kappa shape index (κ3) is 10.3. The summed E-state index contributed by atoms with van der Waals surface area (Å²) in [7, 11) is 0. The Hall–Kier alpha value is -6.87. The van der Waals surface area contributed by atoms with E-state index >= 15 is 0 Å². The summed E-state index contributed by atoms with van der Waals surface area (Å²) < 4.78 is 20.1. The van der Waals surface area contributed by atoms with E-state index in [1.165, 1.54) is 32.9 Å². The number of phenols is 2. The van der Waals surface area contributed by atoms with Gasteiger partial charge < -0.3 is 59.8 Å². The van der Waals surface area contributed by atoms with Crippen LogP contribution in [-0.4, -0.2) is 137 Å². The van der Waals surface area contributed by atoms with Crippen LogP contribution in [0.5, 0.6) is 17.2 Å².